The lowest BCUT2D eigenvalue weighted by molar-refractivity contribution is -0.197. The molecule has 1 aliphatic carbocycles. The number of alkyl halides is 2. The van der Waals surface area contributed by atoms with Crippen molar-refractivity contribution in [3.63, 3.8) is 0 Å². The molecule has 1 saturated carbocycles. The van der Waals surface area contributed by atoms with E-state index in [2.05, 4.69) is 52.9 Å². The topological polar surface area (TPSA) is 74.2 Å². The number of halogens is 2. The van der Waals surface area contributed by atoms with Gasteiger partial charge in [-0.1, -0.05) is 65.5 Å². The molecule has 0 aromatic rings. The first-order chi connectivity index (χ1) is 22.1. The highest BCUT2D eigenvalue weighted by Gasteiger charge is 2.49. The van der Waals surface area contributed by atoms with Crippen LogP contribution in [-0.2, 0) is 23.4 Å². The molecule has 1 N–H and O–H groups in total. The van der Waals surface area contributed by atoms with Crippen molar-refractivity contribution in [3.05, 3.63) is 12.2 Å². The number of esters is 1. The van der Waals surface area contributed by atoms with Gasteiger partial charge in [0, 0.05) is 25.9 Å². The molecule has 1 aliphatic heterocycles. The number of rotatable bonds is 22. The van der Waals surface area contributed by atoms with E-state index in [-0.39, 0.29) is 54.2 Å². The number of hydrogen-bond acceptors (Lipinski definition) is 6. The quantitative estimate of drug-likeness (QED) is 0.0528. The molecule has 1 heterocycles. The van der Waals surface area contributed by atoms with Crippen LogP contribution in [0.3, 0.4) is 0 Å². The third-order valence-corrected chi connectivity index (χ3v) is 15.0. The summed E-state index contributed by atoms with van der Waals surface area (Å²) in [5.74, 6) is -3.19. The first-order valence-electron chi connectivity index (χ1n) is 18.9. The molecular weight excluding hydrogens is 618 g/mol. The molecule has 0 aromatic heterocycles. The average molecular weight is 689 g/mol. The van der Waals surface area contributed by atoms with Crippen molar-refractivity contribution < 1.29 is 37.3 Å². The van der Waals surface area contributed by atoms with Gasteiger partial charge >= 0.3 is 5.97 Å². The number of aliphatic hydroxyl groups excluding tert-OH is 1. The Hall–Kier alpha value is -0.873. The van der Waals surface area contributed by atoms with Gasteiger partial charge in [-0.25, -0.2) is 8.78 Å². The van der Waals surface area contributed by atoms with Crippen LogP contribution in [0.15, 0.2) is 12.2 Å². The number of aliphatic hydroxyl groups is 1. The number of allylic oxidation sites excluding steroid dienone is 2. The summed E-state index contributed by atoms with van der Waals surface area (Å²) in [4.78, 5) is 11.8. The Bertz CT molecular complexity index is 899. The molecule has 1 saturated heterocycles. The highest BCUT2D eigenvalue weighted by molar-refractivity contribution is 6.74. The van der Waals surface area contributed by atoms with Crippen LogP contribution in [0.2, 0.25) is 18.1 Å². The van der Waals surface area contributed by atoms with Crippen molar-refractivity contribution in [2.45, 2.75) is 205 Å². The highest BCUT2D eigenvalue weighted by atomic mass is 28.4. The van der Waals surface area contributed by atoms with E-state index in [1.807, 2.05) is 13.8 Å². The van der Waals surface area contributed by atoms with E-state index in [4.69, 9.17) is 18.6 Å². The summed E-state index contributed by atoms with van der Waals surface area (Å²) in [6.45, 7) is 16.9. The predicted molar refractivity (Wildman–Crippen MR) is 189 cm³/mol. The van der Waals surface area contributed by atoms with Gasteiger partial charge in [0.25, 0.3) is 5.92 Å². The summed E-state index contributed by atoms with van der Waals surface area (Å²) in [5, 5.41) is 11.1. The van der Waals surface area contributed by atoms with Crippen LogP contribution < -0.4 is 0 Å². The second kappa shape index (κ2) is 20.7. The molecule has 9 heteroatoms. The summed E-state index contributed by atoms with van der Waals surface area (Å²) in [6.07, 6.45) is 14.0. The monoisotopic (exact) mass is 688 g/mol. The van der Waals surface area contributed by atoms with Crippen molar-refractivity contribution in [1.29, 1.82) is 0 Å². The Morgan fingerprint density at radius 3 is 2.38 bits per heavy atom. The molecule has 0 amide bonds. The maximum absolute atomic E-state index is 16.0. The number of ether oxygens (including phenoxy) is 3. The van der Waals surface area contributed by atoms with E-state index in [1.54, 1.807) is 0 Å². The Kier molecular flexibility index (Phi) is 18.6. The van der Waals surface area contributed by atoms with Crippen molar-refractivity contribution in [3.8, 4) is 0 Å². The standard InChI is InChI=1S/C38H70F2O6Si/c1-9-10-11-19-26-38(39,40)34(46-47(7,8)37(4,5)6)25-24-31-30(32(41)28-33(31)45-36-23-18-20-27-43-36)21-16-14-12-13-15-17-22-35(42)44-29(2)3/h14,16,29-34,36,41H,9-13,15,17-28H2,1-8H3/t30-,31-,32+,33-,34?,36?/m1/s1. The smallest absolute Gasteiger partial charge is 0.306 e. The van der Waals surface area contributed by atoms with Crippen LogP contribution in [0, 0.1) is 11.8 Å². The Labute approximate surface area is 287 Å². The molecule has 6 atom stereocenters. The Balaban J connectivity index is 2.11. The molecule has 2 rings (SSSR count). The molecule has 0 aromatic carbocycles. The lowest BCUT2D eigenvalue weighted by atomic mass is 9.85. The second-order valence-electron chi connectivity index (χ2n) is 16.0. The fourth-order valence-electron chi connectivity index (χ4n) is 6.63. The summed E-state index contributed by atoms with van der Waals surface area (Å²) in [6, 6.07) is 0. The summed E-state index contributed by atoms with van der Waals surface area (Å²) in [7, 11) is -2.46. The lowest BCUT2D eigenvalue weighted by Gasteiger charge is -2.42. The maximum Gasteiger partial charge on any atom is 0.306 e. The van der Waals surface area contributed by atoms with Crippen molar-refractivity contribution >= 4 is 14.3 Å². The normalized spacial score (nSPS) is 25.1. The van der Waals surface area contributed by atoms with Gasteiger partial charge in [0.2, 0.25) is 0 Å². The van der Waals surface area contributed by atoms with Gasteiger partial charge in [-0.05, 0) is 108 Å². The number of unbranched alkanes of at least 4 members (excludes halogenated alkanes) is 6. The zero-order valence-electron chi connectivity index (χ0n) is 31.2. The van der Waals surface area contributed by atoms with Gasteiger partial charge in [-0.3, -0.25) is 4.79 Å². The van der Waals surface area contributed by atoms with Crippen LogP contribution in [-0.4, -0.2) is 62.6 Å². The Morgan fingerprint density at radius 2 is 1.74 bits per heavy atom. The van der Waals surface area contributed by atoms with Crippen LogP contribution in [0.1, 0.15) is 151 Å². The zero-order chi connectivity index (χ0) is 35.1. The predicted octanol–water partition coefficient (Wildman–Crippen LogP) is 10.5. The summed E-state index contributed by atoms with van der Waals surface area (Å²) in [5.41, 5.74) is 0. The van der Waals surface area contributed by atoms with Crippen LogP contribution in [0.5, 0.6) is 0 Å². The van der Waals surface area contributed by atoms with Crippen molar-refractivity contribution in [1.82, 2.24) is 0 Å². The minimum Gasteiger partial charge on any atom is -0.463 e. The molecule has 276 valence electrons. The minimum atomic E-state index is -2.91. The fourth-order valence-corrected chi connectivity index (χ4v) is 7.99. The van der Waals surface area contributed by atoms with Gasteiger partial charge in [0.05, 0.1) is 18.3 Å². The lowest BCUT2D eigenvalue weighted by Crippen LogP contribution is -2.49. The zero-order valence-corrected chi connectivity index (χ0v) is 32.2. The molecule has 6 nitrogen and oxygen atoms in total. The van der Waals surface area contributed by atoms with E-state index >= 15 is 8.78 Å². The average Bonchev–Trinajstić information content (AvgIpc) is 3.27. The first kappa shape index (κ1) is 42.3. The van der Waals surface area contributed by atoms with Gasteiger partial charge in [0.15, 0.2) is 14.6 Å². The second-order valence-corrected chi connectivity index (χ2v) is 20.7. The third kappa shape index (κ3) is 15.3. The SMILES string of the molecule is CCCCCCC(F)(F)C(CC[C@@H]1[C@@H](CC=CCCCCCC(=O)OC(C)C)[C@@H](O)C[C@H]1OC1CCCCO1)O[Si](C)(C)C(C)(C)C. The molecular formula is C38H70F2O6Si. The van der Waals surface area contributed by atoms with Crippen molar-refractivity contribution in [2.75, 3.05) is 6.61 Å². The molecule has 47 heavy (non-hydrogen) atoms. The van der Waals surface area contributed by atoms with Crippen molar-refractivity contribution in [2.24, 2.45) is 11.8 Å². The number of carbonyl (C=O) groups excluding carboxylic acids is 1. The highest BCUT2D eigenvalue weighted by Crippen LogP contribution is 2.45. The molecule has 2 fully saturated rings. The largest absolute Gasteiger partial charge is 0.463 e. The van der Waals surface area contributed by atoms with E-state index < -0.39 is 26.4 Å². The van der Waals surface area contributed by atoms with Crippen LogP contribution >= 0.6 is 0 Å². The van der Waals surface area contributed by atoms with Gasteiger partial charge in [-0.15, -0.1) is 0 Å². The number of hydrogen-bond donors (Lipinski definition) is 1. The summed E-state index contributed by atoms with van der Waals surface area (Å²) >= 11 is 0. The number of carbonyl (C=O) groups is 1. The Morgan fingerprint density at radius 1 is 1.02 bits per heavy atom. The van der Waals surface area contributed by atoms with Gasteiger partial charge in [0.1, 0.15) is 6.10 Å². The van der Waals surface area contributed by atoms with Crippen LogP contribution in [0.25, 0.3) is 0 Å². The van der Waals surface area contributed by atoms with E-state index in [1.165, 1.54) is 0 Å². The van der Waals surface area contributed by atoms with E-state index in [0.29, 0.717) is 38.7 Å². The van der Waals surface area contributed by atoms with E-state index in [0.717, 1.165) is 64.2 Å². The summed E-state index contributed by atoms with van der Waals surface area (Å²) < 4.78 is 56.1. The molecule has 0 bridgehead atoms. The molecule has 0 radical (unpaired) electrons. The van der Waals surface area contributed by atoms with E-state index in [9.17, 15) is 9.90 Å². The molecule has 2 unspecified atom stereocenters. The third-order valence-electron chi connectivity index (χ3n) is 10.5. The minimum absolute atomic E-state index is 0.0615. The van der Waals surface area contributed by atoms with Crippen LogP contribution in [0.4, 0.5) is 8.78 Å². The van der Waals surface area contributed by atoms with Gasteiger partial charge < -0.3 is 23.7 Å². The van der Waals surface area contributed by atoms with Gasteiger partial charge in [-0.2, -0.15) is 0 Å². The maximum atomic E-state index is 16.0. The molecule has 2 aliphatic rings. The molecule has 0 spiro atoms. The first-order valence-corrected chi connectivity index (χ1v) is 21.8. The fraction of sp³-hybridized carbons (Fsp3) is 0.921.